The zero-order valence-corrected chi connectivity index (χ0v) is 19.2. The van der Waals surface area contributed by atoms with Crippen LogP contribution in [0.2, 0.25) is 0 Å². The number of hydrogen-bond acceptors (Lipinski definition) is 8. The predicted octanol–water partition coefficient (Wildman–Crippen LogP) is 3.92. The molecule has 0 radical (unpaired) electrons. The van der Waals surface area contributed by atoms with Crippen molar-refractivity contribution in [2.45, 2.75) is 6.42 Å². The quantitative estimate of drug-likeness (QED) is 0.240. The molecule has 2 aromatic carbocycles. The Morgan fingerprint density at radius 2 is 1.12 bits per heavy atom. The molecule has 0 aromatic heterocycles. The average molecular weight is 456 g/mol. The topological polar surface area (TPSA) is 89.5 Å². The van der Waals surface area contributed by atoms with Gasteiger partial charge < -0.3 is 28.4 Å². The van der Waals surface area contributed by atoms with Crippen LogP contribution in [0.3, 0.4) is 0 Å². The lowest BCUT2D eigenvalue weighted by Gasteiger charge is -2.10. The van der Waals surface area contributed by atoms with E-state index in [1.165, 1.54) is 26.4 Å². The van der Waals surface area contributed by atoms with Gasteiger partial charge in [-0.15, -0.1) is 0 Å². The summed E-state index contributed by atoms with van der Waals surface area (Å²) in [5, 5.41) is 0. The Morgan fingerprint density at radius 3 is 1.48 bits per heavy atom. The second-order valence-electron chi connectivity index (χ2n) is 6.69. The Kier molecular flexibility index (Phi) is 10.7. The summed E-state index contributed by atoms with van der Waals surface area (Å²) in [4.78, 5) is 24.7. The molecule has 8 nitrogen and oxygen atoms in total. The highest BCUT2D eigenvalue weighted by Gasteiger charge is 2.08. The van der Waals surface area contributed by atoms with Gasteiger partial charge in [-0.25, -0.2) is 0 Å². The van der Waals surface area contributed by atoms with Crippen molar-refractivity contribution in [3.05, 3.63) is 59.7 Å². The van der Waals surface area contributed by atoms with Crippen LogP contribution in [0.4, 0.5) is 0 Å². The SMILES string of the molecule is COCOc1ccc(OC)cc1/C=C/C(=O)CC(=O)/C=C/c1cc(OC)ccc1OCOC. The van der Waals surface area contributed by atoms with Gasteiger partial charge in [-0.2, -0.15) is 0 Å². The molecule has 2 rings (SSSR count). The average Bonchev–Trinajstić information content (AvgIpc) is 2.83. The number of rotatable bonds is 14. The van der Waals surface area contributed by atoms with Crippen molar-refractivity contribution in [3.8, 4) is 23.0 Å². The van der Waals surface area contributed by atoms with Gasteiger partial charge in [0.25, 0.3) is 0 Å². The summed E-state index contributed by atoms with van der Waals surface area (Å²) in [5.74, 6) is 1.55. The largest absolute Gasteiger partial charge is 0.497 e. The van der Waals surface area contributed by atoms with Crippen molar-refractivity contribution in [1.82, 2.24) is 0 Å². The fraction of sp³-hybridized carbons (Fsp3) is 0.280. The minimum Gasteiger partial charge on any atom is -0.497 e. The van der Waals surface area contributed by atoms with Crippen molar-refractivity contribution in [2.75, 3.05) is 42.0 Å². The van der Waals surface area contributed by atoms with E-state index in [2.05, 4.69) is 0 Å². The molecule has 0 amide bonds. The molecule has 0 saturated heterocycles. The first-order chi connectivity index (χ1) is 16.0. The lowest BCUT2D eigenvalue weighted by Crippen LogP contribution is -2.03. The molecule has 0 heterocycles. The molecule has 0 aliphatic rings. The summed E-state index contributed by atoms with van der Waals surface area (Å²) in [5.41, 5.74) is 1.25. The second-order valence-corrected chi connectivity index (χ2v) is 6.69. The number of hydrogen-bond donors (Lipinski definition) is 0. The van der Waals surface area contributed by atoms with Gasteiger partial charge in [0.1, 0.15) is 23.0 Å². The number of carbonyl (C=O) groups excluding carboxylic acids is 2. The van der Waals surface area contributed by atoms with Crippen LogP contribution in [0.5, 0.6) is 23.0 Å². The summed E-state index contributed by atoms with van der Waals surface area (Å²) >= 11 is 0. The third kappa shape index (κ3) is 8.44. The molecule has 0 spiro atoms. The van der Waals surface area contributed by atoms with E-state index in [0.717, 1.165) is 0 Å². The smallest absolute Gasteiger partial charge is 0.188 e. The summed E-state index contributed by atoms with van der Waals surface area (Å²) in [6.45, 7) is 0.121. The van der Waals surface area contributed by atoms with E-state index >= 15 is 0 Å². The van der Waals surface area contributed by atoms with Gasteiger partial charge in [0.15, 0.2) is 25.2 Å². The number of methoxy groups -OCH3 is 4. The number of allylic oxidation sites excluding steroid dienone is 2. The molecule has 0 saturated carbocycles. The minimum atomic E-state index is -0.355. The molecule has 0 aliphatic heterocycles. The normalized spacial score (nSPS) is 11.0. The van der Waals surface area contributed by atoms with E-state index in [4.69, 9.17) is 28.4 Å². The number of carbonyl (C=O) groups is 2. The fourth-order valence-electron chi connectivity index (χ4n) is 2.73. The van der Waals surface area contributed by atoms with Crippen LogP contribution in [-0.2, 0) is 19.1 Å². The molecule has 0 bridgehead atoms. The first-order valence-electron chi connectivity index (χ1n) is 10.0. The van der Waals surface area contributed by atoms with Gasteiger partial charge in [0.05, 0.1) is 20.6 Å². The molecule has 8 heteroatoms. The second kappa shape index (κ2) is 13.7. The number of benzene rings is 2. The highest BCUT2D eigenvalue weighted by atomic mass is 16.7. The molecule has 0 atom stereocenters. The van der Waals surface area contributed by atoms with Crippen LogP contribution in [0.15, 0.2) is 48.6 Å². The Hall–Kier alpha value is -3.62. The van der Waals surface area contributed by atoms with Crippen LogP contribution in [0.1, 0.15) is 17.5 Å². The van der Waals surface area contributed by atoms with Crippen molar-refractivity contribution in [2.24, 2.45) is 0 Å². The molecule has 0 fully saturated rings. The van der Waals surface area contributed by atoms with E-state index in [1.54, 1.807) is 62.8 Å². The third-order valence-corrected chi connectivity index (χ3v) is 4.34. The van der Waals surface area contributed by atoms with Gasteiger partial charge in [-0.05, 0) is 60.7 Å². The standard InChI is InChI=1S/C25H28O8/c1-28-16-32-24-11-9-22(30-3)13-18(24)5-7-20(26)15-21(27)8-6-19-14-23(31-4)10-12-25(19)33-17-29-2/h5-14H,15-17H2,1-4H3/b7-5+,8-6+. The summed E-state index contributed by atoms with van der Waals surface area (Å²) in [6.07, 6.45) is 5.53. The summed E-state index contributed by atoms with van der Waals surface area (Å²) in [6, 6.07) is 10.4. The van der Waals surface area contributed by atoms with Gasteiger partial charge in [-0.1, -0.05) is 0 Å². The van der Waals surface area contributed by atoms with E-state index in [1.807, 2.05) is 0 Å². The Balaban J connectivity index is 2.07. The fourth-order valence-corrected chi connectivity index (χ4v) is 2.73. The molecule has 33 heavy (non-hydrogen) atoms. The Bertz CT molecular complexity index is 914. The van der Waals surface area contributed by atoms with Crippen LogP contribution in [0, 0.1) is 0 Å². The molecule has 0 N–H and O–H groups in total. The first kappa shape index (κ1) is 25.6. The van der Waals surface area contributed by atoms with Crippen LogP contribution in [0.25, 0.3) is 12.2 Å². The first-order valence-corrected chi connectivity index (χ1v) is 10.0. The van der Waals surface area contributed by atoms with Crippen LogP contribution in [-0.4, -0.2) is 53.6 Å². The van der Waals surface area contributed by atoms with E-state index in [-0.39, 0.29) is 31.6 Å². The molecule has 0 unspecified atom stereocenters. The molecule has 0 aliphatic carbocycles. The zero-order chi connectivity index (χ0) is 24.1. The minimum absolute atomic E-state index is 0.0603. The lowest BCUT2D eigenvalue weighted by atomic mass is 10.1. The van der Waals surface area contributed by atoms with E-state index in [0.29, 0.717) is 34.1 Å². The van der Waals surface area contributed by atoms with Crippen molar-refractivity contribution in [3.63, 3.8) is 0 Å². The highest BCUT2D eigenvalue weighted by Crippen LogP contribution is 2.27. The maximum atomic E-state index is 12.3. The Morgan fingerprint density at radius 1 is 0.697 bits per heavy atom. The Labute approximate surface area is 193 Å². The highest BCUT2D eigenvalue weighted by molar-refractivity contribution is 6.11. The number of ether oxygens (including phenoxy) is 6. The molecule has 176 valence electrons. The van der Waals surface area contributed by atoms with Gasteiger partial charge in [-0.3, -0.25) is 9.59 Å². The predicted molar refractivity (Wildman–Crippen MR) is 124 cm³/mol. The van der Waals surface area contributed by atoms with Crippen molar-refractivity contribution >= 4 is 23.7 Å². The maximum absolute atomic E-state index is 12.3. The molecule has 2 aromatic rings. The van der Waals surface area contributed by atoms with E-state index in [9.17, 15) is 9.59 Å². The molecular formula is C25H28O8. The van der Waals surface area contributed by atoms with Gasteiger partial charge in [0, 0.05) is 25.3 Å². The third-order valence-electron chi connectivity index (χ3n) is 4.34. The zero-order valence-electron chi connectivity index (χ0n) is 19.2. The summed E-state index contributed by atoms with van der Waals surface area (Å²) in [7, 11) is 6.12. The van der Waals surface area contributed by atoms with Crippen LogP contribution < -0.4 is 18.9 Å². The summed E-state index contributed by atoms with van der Waals surface area (Å²) < 4.78 is 31.3. The maximum Gasteiger partial charge on any atom is 0.188 e. The molecular weight excluding hydrogens is 428 g/mol. The monoisotopic (exact) mass is 456 g/mol. The van der Waals surface area contributed by atoms with Crippen molar-refractivity contribution < 1.29 is 38.0 Å². The number of ketones is 2. The van der Waals surface area contributed by atoms with Crippen molar-refractivity contribution in [1.29, 1.82) is 0 Å². The van der Waals surface area contributed by atoms with E-state index < -0.39 is 0 Å². The lowest BCUT2D eigenvalue weighted by molar-refractivity contribution is -0.121. The van der Waals surface area contributed by atoms with Gasteiger partial charge >= 0.3 is 0 Å². The van der Waals surface area contributed by atoms with Gasteiger partial charge in [0.2, 0.25) is 0 Å². The van der Waals surface area contributed by atoms with Crippen LogP contribution >= 0.6 is 0 Å².